The molecule has 0 aliphatic rings. The number of ether oxygens (including phenoxy) is 2. The fourth-order valence-corrected chi connectivity index (χ4v) is 2.44. The molecule has 26 heavy (non-hydrogen) atoms. The highest BCUT2D eigenvalue weighted by Crippen LogP contribution is 2.25. The van der Waals surface area contributed by atoms with E-state index in [1.165, 1.54) is 12.1 Å². The average molecular weight is 365 g/mol. The standard InChI is InChI=1S/C19H22F2N2O3/c1-13(15-8-7-14(20)11-16(15)21)23-12-19(24)22-9-10-26-18-6-4-3-5-17(18)25-2/h3-8,11,13,23H,9-10,12H2,1-2H3,(H,22,24)/p+1/t13-/m1/s1. The van der Waals surface area contributed by atoms with Crippen LogP contribution in [0.5, 0.6) is 11.5 Å². The minimum absolute atomic E-state index is 0.132. The number of para-hydroxylation sites is 2. The topological polar surface area (TPSA) is 64.2 Å². The predicted octanol–water partition coefficient (Wildman–Crippen LogP) is 1.79. The van der Waals surface area contributed by atoms with E-state index in [4.69, 9.17) is 9.47 Å². The molecule has 0 aliphatic carbocycles. The maximum atomic E-state index is 13.7. The van der Waals surface area contributed by atoms with E-state index in [1.807, 2.05) is 12.1 Å². The number of hydrogen-bond donors (Lipinski definition) is 2. The van der Waals surface area contributed by atoms with Crippen LogP contribution in [0, 0.1) is 11.6 Å². The van der Waals surface area contributed by atoms with Crippen molar-refractivity contribution in [3.8, 4) is 11.5 Å². The number of carbonyl (C=O) groups is 1. The van der Waals surface area contributed by atoms with Crippen molar-refractivity contribution >= 4 is 5.91 Å². The van der Waals surface area contributed by atoms with Gasteiger partial charge in [-0.2, -0.15) is 0 Å². The van der Waals surface area contributed by atoms with E-state index in [0.29, 0.717) is 30.2 Å². The molecule has 1 atom stereocenters. The lowest BCUT2D eigenvalue weighted by molar-refractivity contribution is -0.682. The van der Waals surface area contributed by atoms with Crippen LogP contribution in [0.25, 0.3) is 0 Å². The Kier molecular flexibility index (Phi) is 7.35. The molecule has 0 saturated carbocycles. The number of halogens is 2. The summed E-state index contributed by atoms with van der Waals surface area (Å²) in [5, 5.41) is 4.42. The molecule has 3 N–H and O–H groups in total. The Balaban J connectivity index is 1.70. The molecule has 0 unspecified atom stereocenters. The number of amides is 1. The summed E-state index contributed by atoms with van der Waals surface area (Å²) in [4.78, 5) is 11.9. The molecule has 0 aromatic heterocycles. The van der Waals surface area contributed by atoms with Crippen LogP contribution in [0.4, 0.5) is 8.78 Å². The van der Waals surface area contributed by atoms with Crippen LogP contribution in [0.15, 0.2) is 42.5 Å². The second kappa shape index (κ2) is 9.72. The van der Waals surface area contributed by atoms with E-state index in [0.717, 1.165) is 6.07 Å². The SMILES string of the molecule is COc1ccccc1OCCNC(=O)C[NH2+][C@H](C)c1ccc(F)cc1F. The van der Waals surface area contributed by atoms with Crippen LogP contribution in [0.2, 0.25) is 0 Å². The Morgan fingerprint density at radius 1 is 1.19 bits per heavy atom. The monoisotopic (exact) mass is 365 g/mol. The lowest BCUT2D eigenvalue weighted by atomic mass is 10.1. The predicted molar refractivity (Wildman–Crippen MR) is 93.1 cm³/mol. The Labute approximate surface area is 151 Å². The molecule has 2 rings (SSSR count). The molecule has 2 aromatic carbocycles. The average Bonchev–Trinajstić information content (AvgIpc) is 2.63. The highest BCUT2D eigenvalue weighted by molar-refractivity contribution is 5.76. The number of nitrogens with two attached hydrogens (primary N) is 1. The van der Waals surface area contributed by atoms with Gasteiger partial charge in [0.2, 0.25) is 0 Å². The Morgan fingerprint density at radius 3 is 2.62 bits per heavy atom. The minimum Gasteiger partial charge on any atom is -0.493 e. The van der Waals surface area contributed by atoms with E-state index in [2.05, 4.69) is 5.32 Å². The molecule has 0 bridgehead atoms. The van der Waals surface area contributed by atoms with Gasteiger partial charge in [-0.1, -0.05) is 12.1 Å². The van der Waals surface area contributed by atoms with Gasteiger partial charge in [-0.3, -0.25) is 4.79 Å². The van der Waals surface area contributed by atoms with Gasteiger partial charge in [0.25, 0.3) is 5.91 Å². The summed E-state index contributed by atoms with van der Waals surface area (Å²) in [5.74, 6) is -0.188. The third-order valence-electron chi connectivity index (χ3n) is 3.86. The van der Waals surface area contributed by atoms with Gasteiger partial charge in [-0.15, -0.1) is 0 Å². The van der Waals surface area contributed by atoms with Gasteiger partial charge >= 0.3 is 0 Å². The smallest absolute Gasteiger partial charge is 0.275 e. The molecule has 140 valence electrons. The summed E-state index contributed by atoms with van der Waals surface area (Å²) in [6.45, 7) is 2.53. The van der Waals surface area contributed by atoms with Crippen LogP contribution in [-0.2, 0) is 4.79 Å². The summed E-state index contributed by atoms with van der Waals surface area (Å²) in [6.07, 6.45) is 0. The molecule has 0 aliphatic heterocycles. The third-order valence-corrected chi connectivity index (χ3v) is 3.86. The molecule has 0 saturated heterocycles. The number of rotatable bonds is 9. The molecule has 0 spiro atoms. The van der Waals surface area contributed by atoms with E-state index < -0.39 is 11.6 Å². The number of benzene rings is 2. The molecule has 7 heteroatoms. The maximum Gasteiger partial charge on any atom is 0.275 e. The Hall–Kier alpha value is -2.67. The van der Waals surface area contributed by atoms with Crippen molar-refractivity contribution in [2.24, 2.45) is 0 Å². The first-order valence-electron chi connectivity index (χ1n) is 8.32. The molecule has 0 radical (unpaired) electrons. The molecular weight excluding hydrogens is 342 g/mol. The zero-order valence-corrected chi connectivity index (χ0v) is 14.8. The second-order valence-corrected chi connectivity index (χ2v) is 5.74. The van der Waals surface area contributed by atoms with Gasteiger partial charge < -0.3 is 20.1 Å². The van der Waals surface area contributed by atoms with E-state index in [1.54, 1.807) is 31.5 Å². The van der Waals surface area contributed by atoms with Crippen molar-refractivity contribution in [3.63, 3.8) is 0 Å². The van der Waals surface area contributed by atoms with Gasteiger partial charge in [-0.05, 0) is 31.2 Å². The number of nitrogens with one attached hydrogen (secondary N) is 1. The fraction of sp³-hybridized carbons (Fsp3) is 0.316. The zero-order valence-electron chi connectivity index (χ0n) is 14.8. The lowest BCUT2D eigenvalue weighted by Gasteiger charge is -2.13. The van der Waals surface area contributed by atoms with Gasteiger partial charge in [0.05, 0.1) is 13.7 Å². The van der Waals surface area contributed by atoms with Gasteiger partial charge in [-0.25, -0.2) is 8.78 Å². The van der Waals surface area contributed by atoms with Crippen LogP contribution in [0.3, 0.4) is 0 Å². The van der Waals surface area contributed by atoms with Crippen molar-refractivity contribution in [2.45, 2.75) is 13.0 Å². The van der Waals surface area contributed by atoms with E-state index in [-0.39, 0.29) is 18.5 Å². The minimum atomic E-state index is -0.619. The summed E-state index contributed by atoms with van der Waals surface area (Å²) in [5.41, 5.74) is 0.360. The van der Waals surface area contributed by atoms with Gasteiger partial charge in [0.1, 0.15) is 24.3 Å². The first-order valence-corrected chi connectivity index (χ1v) is 8.32. The second-order valence-electron chi connectivity index (χ2n) is 5.74. The van der Waals surface area contributed by atoms with Crippen molar-refractivity contribution in [1.82, 2.24) is 5.32 Å². The molecule has 5 nitrogen and oxygen atoms in total. The summed E-state index contributed by atoms with van der Waals surface area (Å²) >= 11 is 0. The zero-order chi connectivity index (χ0) is 18.9. The van der Waals surface area contributed by atoms with Crippen molar-refractivity contribution in [1.29, 1.82) is 0 Å². The lowest BCUT2D eigenvalue weighted by Crippen LogP contribution is -2.87. The highest BCUT2D eigenvalue weighted by Gasteiger charge is 2.16. The van der Waals surface area contributed by atoms with Crippen molar-refractivity contribution in [3.05, 3.63) is 59.7 Å². The molecule has 1 amide bonds. The number of quaternary nitrogens is 1. The Morgan fingerprint density at radius 2 is 1.92 bits per heavy atom. The van der Waals surface area contributed by atoms with Crippen LogP contribution in [-0.4, -0.2) is 32.7 Å². The first-order chi connectivity index (χ1) is 12.5. The normalized spacial score (nSPS) is 11.7. The Bertz CT molecular complexity index is 740. The van der Waals surface area contributed by atoms with Crippen LogP contribution in [0.1, 0.15) is 18.5 Å². The number of hydrogen-bond acceptors (Lipinski definition) is 3. The molecular formula is C19H23F2N2O3+. The van der Waals surface area contributed by atoms with Gasteiger partial charge in [0, 0.05) is 11.6 Å². The number of carbonyl (C=O) groups excluding carboxylic acids is 1. The fourth-order valence-electron chi connectivity index (χ4n) is 2.44. The number of methoxy groups -OCH3 is 1. The molecule has 0 heterocycles. The largest absolute Gasteiger partial charge is 0.493 e. The third kappa shape index (κ3) is 5.70. The molecule has 2 aromatic rings. The highest BCUT2D eigenvalue weighted by atomic mass is 19.1. The molecule has 0 fully saturated rings. The van der Waals surface area contributed by atoms with Gasteiger partial charge in [0.15, 0.2) is 18.0 Å². The quantitative estimate of drug-likeness (QED) is 0.666. The maximum absolute atomic E-state index is 13.7. The van der Waals surface area contributed by atoms with Crippen LogP contribution < -0.4 is 20.1 Å². The summed E-state index contributed by atoms with van der Waals surface area (Å²) in [6, 6.07) is 10.4. The van der Waals surface area contributed by atoms with Crippen molar-refractivity contribution in [2.75, 3.05) is 26.8 Å². The van der Waals surface area contributed by atoms with Crippen molar-refractivity contribution < 1.29 is 28.4 Å². The van der Waals surface area contributed by atoms with E-state index >= 15 is 0 Å². The van der Waals surface area contributed by atoms with E-state index in [9.17, 15) is 13.6 Å². The summed E-state index contributed by atoms with van der Waals surface area (Å²) < 4.78 is 37.4. The van der Waals surface area contributed by atoms with Crippen LogP contribution >= 0.6 is 0 Å². The summed E-state index contributed by atoms with van der Waals surface area (Å²) in [7, 11) is 1.56. The first kappa shape index (κ1) is 19.7.